The molecule has 1 aliphatic heterocycles. The zero-order valence-corrected chi connectivity index (χ0v) is 17.5. The van der Waals surface area contributed by atoms with Gasteiger partial charge in [-0.1, -0.05) is 6.42 Å². The van der Waals surface area contributed by atoms with Crippen molar-refractivity contribution in [2.45, 2.75) is 52.0 Å². The Labute approximate surface area is 176 Å². The van der Waals surface area contributed by atoms with Gasteiger partial charge < -0.3 is 20.2 Å². The average Bonchev–Trinajstić information content (AvgIpc) is 3.23. The van der Waals surface area contributed by atoms with E-state index >= 15 is 0 Å². The molecule has 0 unspecified atom stereocenters. The maximum Gasteiger partial charge on any atom is 0.191 e. The number of nitrogens with one attached hydrogen (secondary N) is 3. The van der Waals surface area contributed by atoms with Gasteiger partial charge in [0.1, 0.15) is 17.5 Å². The summed E-state index contributed by atoms with van der Waals surface area (Å²) in [5.41, 5.74) is 2.00. The van der Waals surface area contributed by atoms with E-state index in [1.165, 1.54) is 37.0 Å². The van der Waals surface area contributed by atoms with Gasteiger partial charge >= 0.3 is 0 Å². The number of benzene rings is 1. The van der Waals surface area contributed by atoms with E-state index in [1.54, 1.807) is 0 Å². The third-order valence-corrected chi connectivity index (χ3v) is 5.55. The van der Waals surface area contributed by atoms with Crippen molar-refractivity contribution in [3.8, 4) is 0 Å². The number of aryl methyl sites for hydroxylation is 1. The third kappa shape index (κ3) is 4.80. The van der Waals surface area contributed by atoms with E-state index in [4.69, 9.17) is 4.99 Å². The van der Waals surface area contributed by atoms with Crippen LogP contribution in [-0.2, 0) is 25.8 Å². The molecule has 8 heteroatoms. The van der Waals surface area contributed by atoms with Gasteiger partial charge in [0.2, 0.25) is 0 Å². The first-order valence-electron chi connectivity index (χ1n) is 10.9. The molecule has 30 heavy (non-hydrogen) atoms. The smallest absolute Gasteiger partial charge is 0.191 e. The van der Waals surface area contributed by atoms with E-state index in [1.807, 2.05) is 12.3 Å². The first-order chi connectivity index (χ1) is 14.7. The summed E-state index contributed by atoms with van der Waals surface area (Å²) in [5.74, 6) is 2.74. The molecule has 0 saturated carbocycles. The lowest BCUT2D eigenvalue weighted by molar-refractivity contribution is 0.604. The first kappa shape index (κ1) is 20.4. The summed E-state index contributed by atoms with van der Waals surface area (Å²) < 4.78 is 15.6. The molecular weight excluding hydrogens is 381 g/mol. The van der Waals surface area contributed by atoms with Crippen molar-refractivity contribution in [2.24, 2.45) is 4.99 Å². The number of rotatable bonds is 7. The number of aromatic amines is 1. The van der Waals surface area contributed by atoms with Crippen molar-refractivity contribution in [3.05, 3.63) is 47.4 Å². The summed E-state index contributed by atoms with van der Waals surface area (Å²) in [5, 5.41) is 16.5. The van der Waals surface area contributed by atoms with E-state index in [0.717, 1.165) is 67.4 Å². The molecule has 160 valence electrons. The molecule has 0 spiro atoms. The van der Waals surface area contributed by atoms with E-state index in [2.05, 4.69) is 37.3 Å². The number of aromatic nitrogens is 4. The lowest BCUT2D eigenvalue weighted by Crippen LogP contribution is -2.38. The number of H-pyrrole nitrogens is 1. The number of guanidine groups is 1. The number of nitrogens with zero attached hydrogens (tertiary/aromatic N) is 4. The van der Waals surface area contributed by atoms with E-state index in [-0.39, 0.29) is 5.82 Å². The first-order valence-corrected chi connectivity index (χ1v) is 10.9. The molecule has 2 aromatic heterocycles. The molecule has 3 aromatic rings. The third-order valence-electron chi connectivity index (χ3n) is 5.55. The van der Waals surface area contributed by atoms with E-state index in [9.17, 15) is 4.39 Å². The van der Waals surface area contributed by atoms with Crippen LogP contribution in [0.4, 0.5) is 4.39 Å². The highest BCUT2D eigenvalue weighted by atomic mass is 19.1. The van der Waals surface area contributed by atoms with Crippen LogP contribution in [0.15, 0.2) is 29.4 Å². The van der Waals surface area contributed by atoms with Gasteiger partial charge in [-0.2, -0.15) is 0 Å². The highest BCUT2D eigenvalue weighted by Gasteiger charge is 2.14. The second-order valence-electron chi connectivity index (χ2n) is 7.69. The normalized spacial score (nSPS) is 14.5. The Morgan fingerprint density at radius 1 is 1.20 bits per heavy atom. The Bertz CT molecular complexity index is 1000. The minimum Gasteiger partial charge on any atom is -0.361 e. The Morgan fingerprint density at radius 3 is 3.03 bits per heavy atom. The van der Waals surface area contributed by atoms with Crippen LogP contribution >= 0.6 is 0 Å². The number of halogens is 1. The zero-order chi connectivity index (χ0) is 20.8. The lowest BCUT2D eigenvalue weighted by atomic mass is 10.1. The number of hydrogen-bond donors (Lipinski definition) is 3. The minimum absolute atomic E-state index is 0.222. The predicted octanol–water partition coefficient (Wildman–Crippen LogP) is 2.97. The second-order valence-corrected chi connectivity index (χ2v) is 7.69. The van der Waals surface area contributed by atoms with Gasteiger partial charge in [-0.15, -0.1) is 10.2 Å². The molecule has 0 amide bonds. The number of aliphatic imine (C=N–C) groups is 1. The standard InChI is InChI=1S/C22H30FN7/c1-2-24-22(25-11-9-16-15-27-19-14-17(23)7-8-18(16)19)26-12-10-21-29-28-20-6-4-3-5-13-30(20)21/h7-8,14-15,27H,2-6,9-13H2,1H3,(H2,24,25,26). The van der Waals surface area contributed by atoms with Gasteiger partial charge in [-0.3, -0.25) is 4.99 Å². The molecule has 3 N–H and O–H groups in total. The maximum atomic E-state index is 13.4. The van der Waals surface area contributed by atoms with Crippen molar-refractivity contribution in [3.63, 3.8) is 0 Å². The average molecular weight is 412 g/mol. The molecule has 0 bridgehead atoms. The maximum absolute atomic E-state index is 13.4. The van der Waals surface area contributed by atoms with Crippen molar-refractivity contribution in [1.29, 1.82) is 0 Å². The van der Waals surface area contributed by atoms with Crippen molar-refractivity contribution < 1.29 is 4.39 Å². The van der Waals surface area contributed by atoms with Crippen LogP contribution in [0.5, 0.6) is 0 Å². The summed E-state index contributed by atoms with van der Waals surface area (Å²) in [6.45, 7) is 5.30. The van der Waals surface area contributed by atoms with Gasteiger partial charge in [-0.05, 0) is 49.9 Å². The van der Waals surface area contributed by atoms with Crippen molar-refractivity contribution >= 4 is 16.9 Å². The SMILES string of the molecule is CCNC(=NCCc1nnc2n1CCCCC2)NCCc1c[nH]c2cc(F)ccc12. The summed E-state index contributed by atoms with van der Waals surface area (Å²) in [4.78, 5) is 7.85. The molecule has 0 aliphatic carbocycles. The molecule has 1 aliphatic rings. The summed E-state index contributed by atoms with van der Waals surface area (Å²) in [6, 6.07) is 4.87. The predicted molar refractivity (Wildman–Crippen MR) is 117 cm³/mol. The quantitative estimate of drug-likeness (QED) is 0.412. The molecule has 7 nitrogen and oxygen atoms in total. The van der Waals surface area contributed by atoms with Crippen LogP contribution in [-0.4, -0.2) is 45.3 Å². The fraction of sp³-hybridized carbons (Fsp3) is 0.500. The second kappa shape index (κ2) is 9.73. The monoisotopic (exact) mass is 411 g/mol. The molecule has 3 heterocycles. The van der Waals surface area contributed by atoms with E-state index < -0.39 is 0 Å². The zero-order valence-electron chi connectivity index (χ0n) is 17.5. The summed E-state index contributed by atoms with van der Waals surface area (Å²) in [6.07, 6.45) is 8.27. The van der Waals surface area contributed by atoms with Gasteiger partial charge in [0, 0.05) is 56.1 Å². The minimum atomic E-state index is -0.222. The Kier molecular flexibility index (Phi) is 6.61. The van der Waals surface area contributed by atoms with Gasteiger partial charge in [-0.25, -0.2) is 4.39 Å². The molecular formula is C22H30FN7. The Balaban J connectivity index is 1.32. The molecule has 4 rings (SSSR count). The van der Waals surface area contributed by atoms with Gasteiger partial charge in [0.25, 0.3) is 0 Å². The van der Waals surface area contributed by atoms with Gasteiger partial charge in [0.15, 0.2) is 5.96 Å². The van der Waals surface area contributed by atoms with Gasteiger partial charge in [0.05, 0.1) is 0 Å². The number of hydrogen-bond acceptors (Lipinski definition) is 3. The van der Waals surface area contributed by atoms with Crippen LogP contribution in [0.3, 0.4) is 0 Å². The fourth-order valence-electron chi connectivity index (χ4n) is 4.02. The molecule has 0 radical (unpaired) electrons. The molecule has 0 fully saturated rings. The Hall–Kier alpha value is -2.90. The van der Waals surface area contributed by atoms with Crippen LogP contribution < -0.4 is 10.6 Å². The lowest BCUT2D eigenvalue weighted by Gasteiger charge is -2.11. The number of fused-ring (bicyclic) bond motifs is 2. The summed E-state index contributed by atoms with van der Waals surface area (Å²) in [7, 11) is 0. The van der Waals surface area contributed by atoms with Crippen LogP contribution in [0.1, 0.15) is 43.4 Å². The van der Waals surface area contributed by atoms with Crippen LogP contribution in [0, 0.1) is 5.82 Å². The highest BCUT2D eigenvalue weighted by Crippen LogP contribution is 2.19. The Morgan fingerprint density at radius 2 is 2.13 bits per heavy atom. The van der Waals surface area contributed by atoms with Crippen molar-refractivity contribution in [2.75, 3.05) is 19.6 Å². The van der Waals surface area contributed by atoms with Crippen LogP contribution in [0.25, 0.3) is 10.9 Å². The summed E-state index contributed by atoms with van der Waals surface area (Å²) >= 11 is 0. The molecule has 0 saturated heterocycles. The fourth-order valence-corrected chi connectivity index (χ4v) is 4.02. The van der Waals surface area contributed by atoms with E-state index in [0.29, 0.717) is 6.54 Å². The molecule has 0 atom stereocenters. The van der Waals surface area contributed by atoms with Crippen molar-refractivity contribution in [1.82, 2.24) is 30.4 Å². The highest BCUT2D eigenvalue weighted by molar-refractivity contribution is 5.83. The van der Waals surface area contributed by atoms with Crippen LogP contribution in [0.2, 0.25) is 0 Å². The molecule has 1 aromatic carbocycles. The topological polar surface area (TPSA) is 82.9 Å². The largest absolute Gasteiger partial charge is 0.361 e.